The van der Waals surface area contributed by atoms with Gasteiger partial charge in [-0.3, -0.25) is 14.5 Å². The minimum Gasteiger partial charge on any atom is -0.366 e. The molecule has 0 aromatic rings. The third kappa shape index (κ3) is 10.2. The van der Waals surface area contributed by atoms with Crippen LogP contribution in [0.25, 0.3) is 0 Å². The molecule has 0 aliphatic heterocycles. The largest absolute Gasteiger partial charge is 0.366 e. The van der Waals surface area contributed by atoms with Crippen molar-refractivity contribution in [1.82, 2.24) is 4.90 Å². The van der Waals surface area contributed by atoms with Gasteiger partial charge in [0, 0.05) is 12.2 Å². The van der Waals surface area contributed by atoms with Gasteiger partial charge in [0.15, 0.2) is 6.29 Å². The highest BCUT2D eigenvalue weighted by Crippen LogP contribution is 2.45. The van der Waals surface area contributed by atoms with Gasteiger partial charge < -0.3 is 9.84 Å². The number of nitrogens with zero attached hydrogens (tertiary/aromatic N) is 1. The van der Waals surface area contributed by atoms with Crippen molar-refractivity contribution in [1.29, 1.82) is 0 Å². The molecule has 0 aromatic heterocycles. The van der Waals surface area contributed by atoms with E-state index in [1.54, 1.807) is 6.08 Å². The Kier molecular flexibility index (Phi) is 14.7. The lowest BCUT2D eigenvalue weighted by Gasteiger charge is -2.31. The highest BCUT2D eigenvalue weighted by atomic mass is 16.6. The van der Waals surface area contributed by atoms with Crippen LogP contribution in [0.4, 0.5) is 0 Å². The Bertz CT molecular complexity index is 775. The van der Waals surface area contributed by atoms with Crippen LogP contribution < -0.4 is 0 Å². The molecular weight excluding hydrogens is 450 g/mol. The van der Waals surface area contributed by atoms with Gasteiger partial charge in [-0.25, -0.2) is 0 Å². The number of imide groups is 1. The van der Waals surface area contributed by atoms with E-state index in [9.17, 15) is 14.7 Å². The zero-order valence-electron chi connectivity index (χ0n) is 22.8. The lowest BCUT2D eigenvalue weighted by Crippen LogP contribution is -2.50. The first-order chi connectivity index (χ1) is 17.6. The molecule has 1 fully saturated rings. The van der Waals surface area contributed by atoms with Crippen molar-refractivity contribution in [3.63, 3.8) is 0 Å². The van der Waals surface area contributed by atoms with Gasteiger partial charge in [-0.15, -0.1) is 0 Å². The number of rotatable bonds is 20. The molecule has 2 rings (SSSR count). The topological polar surface area (TPSA) is 66.8 Å². The highest BCUT2D eigenvalue weighted by Gasteiger charge is 2.57. The first-order valence-corrected chi connectivity index (χ1v) is 14.3. The van der Waals surface area contributed by atoms with Crippen LogP contribution in [0.5, 0.6) is 0 Å². The summed E-state index contributed by atoms with van der Waals surface area (Å²) in [4.78, 5) is 26.0. The fourth-order valence-corrected chi connectivity index (χ4v) is 4.69. The number of carbonyl (C=O) groups is 2. The summed E-state index contributed by atoms with van der Waals surface area (Å²) in [7, 11) is 0. The molecule has 1 atom stereocenters. The van der Waals surface area contributed by atoms with Gasteiger partial charge in [0.1, 0.15) is 5.54 Å². The van der Waals surface area contributed by atoms with Gasteiger partial charge >= 0.3 is 0 Å². The monoisotopic (exact) mass is 499 g/mol. The van der Waals surface area contributed by atoms with Gasteiger partial charge in [-0.05, 0) is 71.1 Å². The Labute approximate surface area is 219 Å². The number of unbranched alkanes of at least 4 members (excludes halogenated alkanes) is 9. The molecule has 0 radical (unpaired) electrons. The molecule has 202 valence electrons. The second-order valence-corrected chi connectivity index (χ2v) is 10.3. The van der Waals surface area contributed by atoms with Crippen LogP contribution in [0.3, 0.4) is 0 Å². The summed E-state index contributed by atoms with van der Waals surface area (Å²) in [6.45, 7) is 4.61. The van der Waals surface area contributed by atoms with Gasteiger partial charge in [0.25, 0.3) is 5.91 Å². The maximum atomic E-state index is 13.0. The molecule has 5 heteroatoms. The van der Waals surface area contributed by atoms with Crippen LogP contribution in [-0.2, 0) is 14.3 Å². The zero-order valence-corrected chi connectivity index (χ0v) is 22.8. The van der Waals surface area contributed by atoms with Crippen molar-refractivity contribution in [3.05, 3.63) is 47.6 Å². The van der Waals surface area contributed by atoms with Gasteiger partial charge in [0.2, 0.25) is 6.41 Å². The van der Waals surface area contributed by atoms with E-state index < -0.39 is 11.8 Å². The zero-order chi connectivity index (χ0) is 26.1. The summed E-state index contributed by atoms with van der Waals surface area (Å²) in [5.74, 6) is -0.327. The number of ether oxygens (including phenoxy) is 1. The van der Waals surface area contributed by atoms with Gasteiger partial charge in [-0.2, -0.15) is 0 Å². The Balaban J connectivity index is 1.53. The van der Waals surface area contributed by atoms with Gasteiger partial charge in [0.05, 0.1) is 0 Å². The van der Waals surface area contributed by atoms with E-state index in [0.717, 1.165) is 50.5 Å². The summed E-state index contributed by atoms with van der Waals surface area (Å²) in [6.07, 6.45) is 29.4. The van der Waals surface area contributed by atoms with Crippen LogP contribution in [0.1, 0.15) is 117 Å². The van der Waals surface area contributed by atoms with E-state index in [0.29, 0.717) is 31.4 Å². The van der Waals surface area contributed by atoms with E-state index >= 15 is 0 Å². The third-order valence-electron chi connectivity index (χ3n) is 7.31. The first kappa shape index (κ1) is 30.2. The number of amides is 2. The summed E-state index contributed by atoms with van der Waals surface area (Å²) in [6, 6.07) is 0. The summed E-state index contributed by atoms with van der Waals surface area (Å²) >= 11 is 0. The SMILES string of the molecule is CCCCC/C=C\C/C=C\CCCCCCCCOC(O)C1(N(C=O)C(=O)C2=C(C)CCC=C2)CC1. The van der Waals surface area contributed by atoms with E-state index in [1.165, 1.54) is 49.8 Å². The smallest absolute Gasteiger partial charge is 0.260 e. The third-order valence-corrected chi connectivity index (χ3v) is 7.31. The molecule has 1 saturated carbocycles. The second kappa shape index (κ2) is 17.5. The predicted octanol–water partition coefficient (Wildman–Crippen LogP) is 7.32. The maximum absolute atomic E-state index is 13.0. The summed E-state index contributed by atoms with van der Waals surface area (Å²) in [5.41, 5.74) is 0.648. The van der Waals surface area contributed by atoms with E-state index in [-0.39, 0.29) is 5.91 Å². The Hall–Kier alpha value is -1.98. The van der Waals surface area contributed by atoms with Crippen molar-refractivity contribution in [2.45, 2.75) is 128 Å². The molecule has 2 aliphatic carbocycles. The predicted molar refractivity (Wildman–Crippen MR) is 147 cm³/mol. The standard InChI is InChI=1S/C31H49NO4/c1-3-4-5-6-7-8-9-10-11-12-13-14-15-16-17-20-25-36-30(35)31(23-24-31)32(26-33)29(34)28-22-19-18-21-27(28)2/h7-8,10-11,19,22,26,30,35H,3-6,9,12-18,20-21,23-25H2,1-2H3/b8-7-,11-10-. The molecule has 1 N–H and O–H groups in total. The molecule has 1 unspecified atom stereocenters. The van der Waals surface area contributed by atoms with Crippen LogP contribution in [0.2, 0.25) is 0 Å². The van der Waals surface area contributed by atoms with Crippen LogP contribution in [0, 0.1) is 0 Å². The Morgan fingerprint density at radius 1 is 1.03 bits per heavy atom. The van der Waals surface area contributed by atoms with Crippen molar-refractivity contribution in [2.75, 3.05) is 6.61 Å². The number of aliphatic hydroxyl groups is 1. The maximum Gasteiger partial charge on any atom is 0.260 e. The summed E-state index contributed by atoms with van der Waals surface area (Å²) < 4.78 is 5.69. The molecule has 5 nitrogen and oxygen atoms in total. The molecule has 0 spiro atoms. The normalized spacial score (nSPS) is 17.8. The molecule has 36 heavy (non-hydrogen) atoms. The molecule has 2 aliphatic rings. The number of allylic oxidation sites excluding steroid dienone is 6. The number of aliphatic hydroxyl groups excluding tert-OH is 1. The van der Waals surface area contributed by atoms with Crippen LogP contribution in [0.15, 0.2) is 47.6 Å². The Morgan fingerprint density at radius 2 is 1.67 bits per heavy atom. The van der Waals surface area contributed by atoms with Crippen LogP contribution >= 0.6 is 0 Å². The van der Waals surface area contributed by atoms with E-state index in [4.69, 9.17) is 4.74 Å². The van der Waals surface area contributed by atoms with E-state index in [2.05, 4.69) is 31.2 Å². The minimum atomic E-state index is -1.13. The quantitative estimate of drug-likeness (QED) is 0.0825. The fraction of sp³-hybridized carbons (Fsp3) is 0.677. The highest BCUT2D eigenvalue weighted by molar-refractivity contribution is 6.03. The minimum absolute atomic E-state index is 0.327. The molecular formula is C31H49NO4. The average molecular weight is 500 g/mol. The van der Waals surface area contributed by atoms with Crippen molar-refractivity contribution < 1.29 is 19.4 Å². The number of hydrogen-bond acceptors (Lipinski definition) is 4. The van der Waals surface area contributed by atoms with Crippen molar-refractivity contribution in [3.8, 4) is 0 Å². The second-order valence-electron chi connectivity index (χ2n) is 10.3. The average Bonchev–Trinajstić information content (AvgIpc) is 3.68. The molecule has 0 heterocycles. The first-order valence-electron chi connectivity index (χ1n) is 14.3. The van der Waals surface area contributed by atoms with E-state index in [1.807, 2.05) is 13.0 Å². The molecule has 0 saturated heterocycles. The number of hydrogen-bond donors (Lipinski definition) is 1. The molecule has 0 bridgehead atoms. The fourth-order valence-electron chi connectivity index (χ4n) is 4.69. The summed E-state index contributed by atoms with van der Waals surface area (Å²) in [5, 5.41) is 10.7. The Morgan fingerprint density at radius 3 is 2.28 bits per heavy atom. The molecule has 2 amide bonds. The van der Waals surface area contributed by atoms with Gasteiger partial charge in [-0.1, -0.05) is 87.5 Å². The molecule has 0 aromatic carbocycles. The van der Waals surface area contributed by atoms with Crippen molar-refractivity contribution >= 4 is 12.3 Å². The lowest BCUT2D eigenvalue weighted by molar-refractivity contribution is -0.169. The lowest BCUT2D eigenvalue weighted by atomic mass is 9.97. The van der Waals surface area contributed by atoms with Crippen molar-refractivity contribution in [2.24, 2.45) is 0 Å². The van der Waals surface area contributed by atoms with Crippen LogP contribution in [-0.4, -0.2) is 40.8 Å². The number of carbonyl (C=O) groups excluding carboxylic acids is 2.